The summed E-state index contributed by atoms with van der Waals surface area (Å²) in [5, 5.41) is 0. The van der Waals surface area contributed by atoms with Crippen molar-refractivity contribution in [2.45, 2.75) is 26.4 Å². The Hall–Kier alpha value is -1.90. The summed E-state index contributed by atoms with van der Waals surface area (Å²) in [6.45, 7) is 4.79. The van der Waals surface area contributed by atoms with E-state index in [1.165, 1.54) is 12.1 Å². The molecule has 4 nitrogen and oxygen atoms in total. The Morgan fingerprint density at radius 1 is 1.45 bits per heavy atom. The van der Waals surface area contributed by atoms with E-state index >= 15 is 0 Å². The van der Waals surface area contributed by atoms with Gasteiger partial charge in [-0.15, -0.1) is 0 Å². The van der Waals surface area contributed by atoms with Gasteiger partial charge in [-0.1, -0.05) is 17.9 Å². The van der Waals surface area contributed by atoms with Crippen molar-refractivity contribution in [1.82, 2.24) is 4.90 Å². The summed E-state index contributed by atoms with van der Waals surface area (Å²) >= 11 is 0. The molecule has 1 aromatic carbocycles. The normalized spacial score (nSPS) is 10.5. The molecule has 0 unspecified atom stereocenters. The predicted octanol–water partition coefficient (Wildman–Crippen LogP) is 0.832. The number of nitrogens with two attached hydrogens (primary N) is 2. The summed E-state index contributed by atoms with van der Waals surface area (Å²) in [6, 6.07) is 4.57. The Kier molecular flexibility index (Phi) is 6.16. The third-order valence-corrected chi connectivity index (χ3v) is 2.86. The van der Waals surface area contributed by atoms with Gasteiger partial charge in [-0.3, -0.25) is 9.69 Å². The first-order valence-electron chi connectivity index (χ1n) is 6.43. The van der Waals surface area contributed by atoms with Crippen LogP contribution in [0.5, 0.6) is 0 Å². The smallest absolute Gasteiger partial charge is 0.231 e. The van der Waals surface area contributed by atoms with E-state index in [1.807, 2.05) is 18.7 Å². The van der Waals surface area contributed by atoms with Crippen LogP contribution in [0.3, 0.4) is 0 Å². The zero-order valence-corrected chi connectivity index (χ0v) is 11.8. The van der Waals surface area contributed by atoms with Crippen molar-refractivity contribution in [3.63, 3.8) is 0 Å². The number of primary amides is 1. The molecule has 0 fully saturated rings. The summed E-state index contributed by atoms with van der Waals surface area (Å²) in [5.41, 5.74) is 12.0. The van der Waals surface area contributed by atoms with Gasteiger partial charge in [-0.25, -0.2) is 4.39 Å². The number of carbonyl (C=O) groups is 1. The Morgan fingerprint density at radius 3 is 2.70 bits per heavy atom. The average Bonchev–Trinajstić information content (AvgIpc) is 2.37. The first-order valence-corrected chi connectivity index (χ1v) is 6.43. The topological polar surface area (TPSA) is 72.3 Å². The molecule has 0 aromatic heterocycles. The lowest BCUT2D eigenvalue weighted by Gasteiger charge is -2.25. The molecule has 0 aliphatic carbocycles. The second-order valence-electron chi connectivity index (χ2n) is 4.77. The highest BCUT2D eigenvalue weighted by atomic mass is 19.1. The Bertz CT molecular complexity index is 532. The fraction of sp³-hybridized carbons (Fsp3) is 0.400. The van der Waals surface area contributed by atoms with Crippen LogP contribution >= 0.6 is 0 Å². The average molecular weight is 277 g/mol. The summed E-state index contributed by atoms with van der Waals surface area (Å²) in [4.78, 5) is 13.0. The van der Waals surface area contributed by atoms with Crippen LogP contribution in [-0.4, -0.2) is 29.9 Å². The lowest BCUT2D eigenvalue weighted by Crippen LogP contribution is -2.38. The maximum atomic E-state index is 13.3. The molecular formula is C15H20FN3O. The van der Waals surface area contributed by atoms with E-state index in [2.05, 4.69) is 11.8 Å². The molecule has 0 aliphatic heterocycles. The third-order valence-electron chi connectivity index (χ3n) is 2.86. The zero-order chi connectivity index (χ0) is 15.1. The Labute approximate surface area is 118 Å². The molecule has 1 amide bonds. The van der Waals surface area contributed by atoms with Gasteiger partial charge >= 0.3 is 0 Å². The van der Waals surface area contributed by atoms with Gasteiger partial charge in [0.1, 0.15) is 5.82 Å². The van der Waals surface area contributed by atoms with E-state index in [4.69, 9.17) is 11.5 Å². The van der Waals surface area contributed by atoms with E-state index in [9.17, 15) is 9.18 Å². The minimum Gasteiger partial charge on any atom is -0.369 e. The number of amides is 1. The Balaban J connectivity index is 3.02. The van der Waals surface area contributed by atoms with Gasteiger partial charge in [0.15, 0.2) is 0 Å². The molecular weight excluding hydrogens is 257 g/mol. The fourth-order valence-electron chi connectivity index (χ4n) is 1.79. The third kappa shape index (κ3) is 5.00. The number of halogens is 1. The molecule has 5 heteroatoms. The monoisotopic (exact) mass is 277 g/mol. The summed E-state index contributed by atoms with van der Waals surface area (Å²) in [5.74, 6) is 4.83. The van der Waals surface area contributed by atoms with Crippen LogP contribution in [0, 0.1) is 17.7 Å². The van der Waals surface area contributed by atoms with Gasteiger partial charge < -0.3 is 11.5 Å². The second-order valence-corrected chi connectivity index (χ2v) is 4.77. The van der Waals surface area contributed by atoms with Gasteiger partial charge in [0.05, 0.1) is 13.1 Å². The van der Waals surface area contributed by atoms with Crippen LogP contribution in [0.2, 0.25) is 0 Å². The van der Waals surface area contributed by atoms with Crippen molar-refractivity contribution < 1.29 is 9.18 Å². The SMILES string of the molecule is CC(C)N(CC(N)=O)Cc1ccc(F)cc1C#CCN. The van der Waals surface area contributed by atoms with Gasteiger partial charge in [0.2, 0.25) is 5.91 Å². The molecule has 0 aliphatic rings. The highest BCUT2D eigenvalue weighted by Gasteiger charge is 2.14. The molecule has 0 radical (unpaired) electrons. The molecule has 1 rings (SSSR count). The summed E-state index contributed by atoms with van der Waals surface area (Å²) in [7, 11) is 0. The molecule has 108 valence electrons. The first kappa shape index (κ1) is 16.2. The maximum absolute atomic E-state index is 13.3. The second kappa shape index (κ2) is 7.63. The maximum Gasteiger partial charge on any atom is 0.231 e. The largest absolute Gasteiger partial charge is 0.369 e. The highest BCUT2D eigenvalue weighted by molar-refractivity contribution is 5.76. The number of hydrogen-bond acceptors (Lipinski definition) is 3. The molecule has 0 saturated carbocycles. The summed E-state index contributed by atoms with van der Waals surface area (Å²) < 4.78 is 13.3. The molecule has 0 saturated heterocycles. The van der Waals surface area contributed by atoms with E-state index in [-0.39, 0.29) is 24.9 Å². The molecule has 0 heterocycles. The van der Waals surface area contributed by atoms with Crippen LogP contribution < -0.4 is 11.5 Å². The van der Waals surface area contributed by atoms with Gasteiger partial charge in [-0.2, -0.15) is 0 Å². The highest BCUT2D eigenvalue weighted by Crippen LogP contribution is 2.14. The molecule has 0 bridgehead atoms. The van der Waals surface area contributed by atoms with Crippen LogP contribution in [0.1, 0.15) is 25.0 Å². The standard InChI is InChI=1S/C15H20FN3O/c1-11(2)19(10-15(18)20)9-13-5-6-14(16)8-12(13)4-3-7-17/h5-6,8,11H,7,9-10,17H2,1-2H3,(H2,18,20). The molecule has 20 heavy (non-hydrogen) atoms. The number of benzene rings is 1. The van der Waals surface area contributed by atoms with E-state index < -0.39 is 5.91 Å². The Morgan fingerprint density at radius 2 is 2.15 bits per heavy atom. The van der Waals surface area contributed by atoms with Crippen molar-refractivity contribution in [2.24, 2.45) is 11.5 Å². The van der Waals surface area contributed by atoms with Crippen molar-refractivity contribution >= 4 is 5.91 Å². The first-order chi connectivity index (χ1) is 9.43. The van der Waals surface area contributed by atoms with E-state index in [0.29, 0.717) is 12.1 Å². The van der Waals surface area contributed by atoms with E-state index in [1.54, 1.807) is 6.07 Å². The van der Waals surface area contributed by atoms with Crippen molar-refractivity contribution in [3.05, 3.63) is 35.1 Å². The molecule has 4 N–H and O–H groups in total. The number of nitrogens with zero attached hydrogens (tertiary/aromatic N) is 1. The minimum atomic E-state index is -0.393. The van der Waals surface area contributed by atoms with Crippen LogP contribution in [-0.2, 0) is 11.3 Å². The number of carbonyl (C=O) groups excluding carboxylic acids is 1. The van der Waals surface area contributed by atoms with Crippen LogP contribution in [0.4, 0.5) is 4.39 Å². The van der Waals surface area contributed by atoms with Gasteiger partial charge in [0, 0.05) is 18.2 Å². The lowest BCUT2D eigenvalue weighted by atomic mass is 10.1. The number of hydrogen-bond donors (Lipinski definition) is 2. The fourth-order valence-corrected chi connectivity index (χ4v) is 1.79. The number of rotatable bonds is 5. The van der Waals surface area contributed by atoms with Crippen LogP contribution in [0.25, 0.3) is 0 Å². The van der Waals surface area contributed by atoms with Crippen molar-refractivity contribution in [1.29, 1.82) is 0 Å². The quantitative estimate of drug-likeness (QED) is 0.783. The summed E-state index contributed by atoms with van der Waals surface area (Å²) in [6.07, 6.45) is 0. The van der Waals surface area contributed by atoms with Crippen molar-refractivity contribution in [2.75, 3.05) is 13.1 Å². The molecule has 0 spiro atoms. The van der Waals surface area contributed by atoms with Gasteiger partial charge in [-0.05, 0) is 31.5 Å². The lowest BCUT2D eigenvalue weighted by molar-refractivity contribution is -0.119. The predicted molar refractivity (Wildman–Crippen MR) is 77.1 cm³/mol. The molecule has 0 atom stereocenters. The van der Waals surface area contributed by atoms with Crippen molar-refractivity contribution in [3.8, 4) is 11.8 Å². The molecule has 1 aromatic rings. The van der Waals surface area contributed by atoms with E-state index in [0.717, 1.165) is 5.56 Å². The zero-order valence-electron chi connectivity index (χ0n) is 11.8. The minimum absolute atomic E-state index is 0.142. The van der Waals surface area contributed by atoms with Gasteiger partial charge in [0.25, 0.3) is 0 Å². The van der Waals surface area contributed by atoms with Crippen LogP contribution in [0.15, 0.2) is 18.2 Å².